The SMILES string of the molecule is O=C([O-])c1ccc(-c2ccc(O[C@@H]3O[C@H](CO)[C@@H](O)[C@H](O)[C@@H]3O)cc2Cl)cc1.[Na+]. The summed E-state index contributed by atoms with van der Waals surface area (Å²) in [7, 11) is 0. The molecule has 2 aromatic rings. The molecule has 1 heterocycles. The van der Waals surface area contributed by atoms with Gasteiger partial charge in [0.15, 0.2) is 0 Å². The van der Waals surface area contributed by atoms with E-state index in [0.717, 1.165) is 0 Å². The van der Waals surface area contributed by atoms with Crippen LogP contribution in [-0.2, 0) is 4.74 Å². The maximum absolute atomic E-state index is 10.8. The molecule has 150 valence electrons. The molecule has 0 spiro atoms. The van der Waals surface area contributed by atoms with Gasteiger partial charge in [0.05, 0.1) is 17.6 Å². The Morgan fingerprint density at radius 3 is 2.28 bits per heavy atom. The minimum atomic E-state index is -1.55. The summed E-state index contributed by atoms with van der Waals surface area (Å²) >= 11 is 6.29. The van der Waals surface area contributed by atoms with E-state index >= 15 is 0 Å². The number of aliphatic hydroxyl groups is 4. The number of carbonyl (C=O) groups is 1. The predicted molar refractivity (Wildman–Crippen MR) is 95.6 cm³/mol. The first-order valence-electron chi connectivity index (χ1n) is 8.40. The minimum Gasteiger partial charge on any atom is -0.545 e. The Labute approximate surface area is 193 Å². The molecule has 0 aliphatic carbocycles. The van der Waals surface area contributed by atoms with E-state index in [0.29, 0.717) is 16.1 Å². The molecule has 2 aromatic carbocycles. The molecule has 1 fully saturated rings. The van der Waals surface area contributed by atoms with E-state index in [4.69, 9.17) is 21.1 Å². The zero-order valence-corrected chi connectivity index (χ0v) is 18.2. The van der Waals surface area contributed by atoms with Gasteiger partial charge in [-0.15, -0.1) is 0 Å². The molecule has 1 aliphatic heterocycles. The first-order valence-corrected chi connectivity index (χ1v) is 8.78. The van der Waals surface area contributed by atoms with Gasteiger partial charge < -0.3 is 39.8 Å². The van der Waals surface area contributed by atoms with Gasteiger partial charge >= 0.3 is 29.6 Å². The Bertz CT molecular complexity index is 845. The van der Waals surface area contributed by atoms with Crippen molar-refractivity contribution in [2.24, 2.45) is 0 Å². The summed E-state index contributed by atoms with van der Waals surface area (Å²) in [5, 5.41) is 50.0. The summed E-state index contributed by atoms with van der Waals surface area (Å²) < 4.78 is 10.8. The Morgan fingerprint density at radius 1 is 1.07 bits per heavy atom. The molecular weight excluding hydrogens is 415 g/mol. The number of rotatable bonds is 5. The van der Waals surface area contributed by atoms with E-state index in [1.807, 2.05) is 0 Å². The molecule has 1 saturated heterocycles. The fraction of sp³-hybridized carbons (Fsp3) is 0.316. The van der Waals surface area contributed by atoms with Gasteiger partial charge in [-0.1, -0.05) is 35.9 Å². The number of carbonyl (C=O) groups excluding carboxylic acids is 1. The monoisotopic (exact) mass is 432 g/mol. The molecule has 4 N–H and O–H groups in total. The van der Waals surface area contributed by atoms with Crippen LogP contribution in [0.25, 0.3) is 11.1 Å². The molecule has 0 aromatic heterocycles. The predicted octanol–water partition coefficient (Wildman–Crippen LogP) is -3.45. The number of halogens is 1. The molecule has 8 nitrogen and oxygen atoms in total. The number of carboxylic acid groups (broad SMARTS) is 1. The number of aliphatic hydroxyl groups excluding tert-OH is 4. The van der Waals surface area contributed by atoms with Crippen molar-refractivity contribution in [2.75, 3.05) is 6.61 Å². The topological polar surface area (TPSA) is 140 Å². The average molecular weight is 433 g/mol. The summed E-state index contributed by atoms with van der Waals surface area (Å²) in [5.41, 5.74) is 1.34. The second-order valence-corrected chi connectivity index (χ2v) is 6.73. The van der Waals surface area contributed by atoms with Crippen molar-refractivity contribution in [3.8, 4) is 16.9 Å². The maximum atomic E-state index is 10.8. The summed E-state index contributed by atoms with van der Waals surface area (Å²) in [5.74, 6) is -1.05. The smallest absolute Gasteiger partial charge is 0.545 e. The number of ether oxygens (including phenoxy) is 2. The zero-order valence-electron chi connectivity index (χ0n) is 15.4. The van der Waals surface area contributed by atoms with Gasteiger partial charge in [0, 0.05) is 5.56 Å². The van der Waals surface area contributed by atoms with Crippen LogP contribution in [0.5, 0.6) is 5.75 Å². The zero-order chi connectivity index (χ0) is 20.4. The van der Waals surface area contributed by atoms with Crippen molar-refractivity contribution in [1.29, 1.82) is 0 Å². The van der Waals surface area contributed by atoms with Crippen molar-refractivity contribution >= 4 is 17.6 Å². The van der Waals surface area contributed by atoms with Crippen LogP contribution in [0.4, 0.5) is 0 Å². The molecule has 0 saturated carbocycles. The number of carboxylic acids is 1. The fourth-order valence-corrected chi connectivity index (χ4v) is 3.17. The Hall–Kier alpha value is -1.20. The van der Waals surface area contributed by atoms with Crippen LogP contribution in [0.2, 0.25) is 5.02 Å². The molecule has 0 unspecified atom stereocenters. The van der Waals surface area contributed by atoms with E-state index in [-0.39, 0.29) is 40.9 Å². The summed E-state index contributed by atoms with van der Waals surface area (Å²) in [4.78, 5) is 10.8. The van der Waals surface area contributed by atoms with Crippen molar-refractivity contribution < 1.29 is 69.4 Å². The first kappa shape index (κ1) is 24.1. The summed E-state index contributed by atoms with van der Waals surface area (Å²) in [6.45, 7) is -0.563. The first-order chi connectivity index (χ1) is 13.3. The molecule has 29 heavy (non-hydrogen) atoms. The fourth-order valence-electron chi connectivity index (χ4n) is 2.89. The number of hydrogen-bond donors (Lipinski definition) is 4. The van der Waals surface area contributed by atoms with E-state index < -0.39 is 43.3 Å². The van der Waals surface area contributed by atoms with E-state index in [1.54, 1.807) is 24.3 Å². The van der Waals surface area contributed by atoms with Crippen molar-refractivity contribution in [1.82, 2.24) is 0 Å². The summed E-state index contributed by atoms with van der Waals surface area (Å²) in [6, 6.07) is 10.6. The number of aromatic carboxylic acids is 1. The van der Waals surface area contributed by atoms with Gasteiger partial charge in [0.2, 0.25) is 6.29 Å². The maximum Gasteiger partial charge on any atom is 1.00 e. The second kappa shape index (κ2) is 10.2. The van der Waals surface area contributed by atoms with Crippen LogP contribution in [0.15, 0.2) is 42.5 Å². The van der Waals surface area contributed by atoms with Crippen LogP contribution < -0.4 is 39.4 Å². The van der Waals surface area contributed by atoms with Gasteiger partial charge in [0.25, 0.3) is 0 Å². The quantitative estimate of drug-likeness (QED) is 0.358. The standard InChI is InChI=1S/C19H19ClO8.Na/c20-13-7-11(27-19-17(24)16(23)15(22)14(8-21)28-19)5-6-12(13)9-1-3-10(4-2-9)18(25)26;/h1-7,14-17,19,21-24H,8H2,(H,25,26);/q;+1/p-1/t14-,15-,16+,17+,19-;/m1./s1. The van der Waals surface area contributed by atoms with Gasteiger partial charge in [-0.2, -0.15) is 0 Å². The third kappa shape index (κ3) is 5.29. The average Bonchev–Trinajstić information content (AvgIpc) is 2.68. The summed E-state index contributed by atoms with van der Waals surface area (Å²) in [6.07, 6.45) is -6.96. The molecule has 0 bridgehead atoms. The normalized spacial score (nSPS) is 26.4. The molecule has 3 rings (SSSR count). The van der Waals surface area contributed by atoms with Crippen molar-refractivity contribution in [2.45, 2.75) is 30.7 Å². The van der Waals surface area contributed by atoms with Crippen LogP contribution in [0.3, 0.4) is 0 Å². The second-order valence-electron chi connectivity index (χ2n) is 6.32. The van der Waals surface area contributed by atoms with E-state index in [1.165, 1.54) is 18.2 Å². The van der Waals surface area contributed by atoms with Gasteiger partial charge in [0.1, 0.15) is 30.2 Å². The third-order valence-corrected chi connectivity index (χ3v) is 4.79. The van der Waals surface area contributed by atoms with Crippen molar-refractivity contribution in [3.05, 3.63) is 53.1 Å². The molecular formula is C19H18ClNaO8. The number of hydrogen-bond acceptors (Lipinski definition) is 8. The minimum absolute atomic E-state index is 0. The van der Waals surface area contributed by atoms with Crippen molar-refractivity contribution in [3.63, 3.8) is 0 Å². The van der Waals surface area contributed by atoms with Gasteiger partial charge in [-0.05, 0) is 29.3 Å². The number of benzene rings is 2. The molecule has 1 aliphatic rings. The third-order valence-electron chi connectivity index (χ3n) is 4.47. The Kier molecular flexibility index (Phi) is 8.48. The van der Waals surface area contributed by atoms with Crippen LogP contribution in [0.1, 0.15) is 10.4 Å². The largest absolute Gasteiger partial charge is 1.00 e. The van der Waals surface area contributed by atoms with Crippen LogP contribution in [-0.4, -0.2) is 63.7 Å². The Morgan fingerprint density at radius 2 is 1.72 bits per heavy atom. The molecule has 5 atom stereocenters. The van der Waals surface area contributed by atoms with E-state index in [2.05, 4.69) is 0 Å². The molecule has 0 radical (unpaired) electrons. The molecule has 10 heteroatoms. The molecule has 0 amide bonds. The Balaban J connectivity index is 0.00000300. The van der Waals surface area contributed by atoms with Gasteiger partial charge in [-0.3, -0.25) is 0 Å². The van der Waals surface area contributed by atoms with E-state index in [9.17, 15) is 30.3 Å². The van der Waals surface area contributed by atoms with Crippen LogP contribution in [0, 0.1) is 0 Å². The van der Waals surface area contributed by atoms with Gasteiger partial charge in [-0.25, -0.2) is 0 Å². The van der Waals surface area contributed by atoms with Crippen LogP contribution >= 0.6 is 11.6 Å².